The van der Waals surface area contributed by atoms with Crippen LogP contribution in [-0.2, 0) is 14.3 Å². The minimum atomic E-state index is -0.601. The van der Waals surface area contributed by atoms with Crippen LogP contribution in [0.15, 0.2) is 67.2 Å². The van der Waals surface area contributed by atoms with E-state index < -0.39 is 11.9 Å². The number of phenolic OH excluding ortho intramolecular Hbond substituents is 1. The Morgan fingerprint density at radius 1 is 1.00 bits per heavy atom. The van der Waals surface area contributed by atoms with E-state index in [1.807, 2.05) is 0 Å². The second kappa shape index (κ2) is 9.88. The summed E-state index contributed by atoms with van der Waals surface area (Å²) in [6.45, 7) is 0. The molecule has 1 aromatic heterocycles. The molecule has 0 unspecified atom stereocenters. The van der Waals surface area contributed by atoms with Crippen LogP contribution in [-0.4, -0.2) is 41.2 Å². The Labute approximate surface area is 177 Å². The number of phenols is 1. The number of nitrogens with zero attached hydrogens (tertiary/aromatic N) is 2. The maximum absolute atomic E-state index is 12.4. The van der Waals surface area contributed by atoms with Gasteiger partial charge in [-0.1, -0.05) is 30.3 Å². The molecule has 0 bridgehead atoms. The van der Waals surface area contributed by atoms with Crippen molar-refractivity contribution in [3.05, 3.63) is 78.3 Å². The Kier molecular flexibility index (Phi) is 6.79. The van der Waals surface area contributed by atoms with Crippen LogP contribution in [0.3, 0.4) is 0 Å². The van der Waals surface area contributed by atoms with Crippen LogP contribution in [0.25, 0.3) is 5.57 Å². The standard InChI is InChI=1S/C22H19N3O6/c1-29-12-16(22(28)30-2)14-7-4-6-10-18(14)31-20-11-19(23-13-24-20)25-21(27)15-8-3-5-9-17(15)26/h3-13,26H,1-2H3,(H,23,24,25,27)/b16-12+. The number of hydrogen-bond donors (Lipinski definition) is 2. The largest absolute Gasteiger partial charge is 0.507 e. The second-order valence-electron chi connectivity index (χ2n) is 6.07. The molecule has 0 aliphatic heterocycles. The molecule has 0 aliphatic rings. The number of carbonyl (C=O) groups is 2. The number of anilines is 1. The van der Waals surface area contributed by atoms with Gasteiger partial charge in [-0.25, -0.2) is 14.8 Å². The van der Waals surface area contributed by atoms with E-state index in [0.29, 0.717) is 11.3 Å². The molecule has 0 fully saturated rings. The minimum Gasteiger partial charge on any atom is -0.507 e. The predicted molar refractivity (Wildman–Crippen MR) is 112 cm³/mol. The van der Waals surface area contributed by atoms with E-state index in [0.717, 1.165) is 0 Å². The summed E-state index contributed by atoms with van der Waals surface area (Å²) < 4.78 is 15.6. The van der Waals surface area contributed by atoms with Crippen molar-refractivity contribution in [1.82, 2.24) is 9.97 Å². The molecular formula is C22H19N3O6. The number of esters is 1. The number of aromatic hydroxyl groups is 1. The smallest absolute Gasteiger partial charge is 0.341 e. The molecule has 0 saturated carbocycles. The van der Waals surface area contributed by atoms with Crippen molar-refractivity contribution in [3.63, 3.8) is 0 Å². The molecule has 3 rings (SSSR count). The van der Waals surface area contributed by atoms with Crippen LogP contribution in [0, 0.1) is 0 Å². The number of hydrogen-bond acceptors (Lipinski definition) is 8. The molecule has 158 valence electrons. The number of rotatable bonds is 7. The van der Waals surface area contributed by atoms with Gasteiger partial charge in [-0.05, 0) is 18.2 Å². The van der Waals surface area contributed by atoms with Gasteiger partial charge in [0, 0.05) is 11.6 Å². The first-order valence-electron chi connectivity index (χ1n) is 9.03. The van der Waals surface area contributed by atoms with E-state index >= 15 is 0 Å². The van der Waals surface area contributed by atoms with Gasteiger partial charge in [-0.3, -0.25) is 4.79 Å². The third-order valence-electron chi connectivity index (χ3n) is 4.07. The van der Waals surface area contributed by atoms with Crippen LogP contribution in [0.2, 0.25) is 0 Å². The average Bonchev–Trinajstić information content (AvgIpc) is 2.78. The van der Waals surface area contributed by atoms with Gasteiger partial charge < -0.3 is 24.6 Å². The fraction of sp³-hybridized carbons (Fsp3) is 0.0909. The van der Waals surface area contributed by atoms with Crippen molar-refractivity contribution in [2.75, 3.05) is 19.5 Å². The number of amides is 1. The zero-order chi connectivity index (χ0) is 22.2. The average molecular weight is 421 g/mol. The summed E-state index contributed by atoms with van der Waals surface area (Å²) in [4.78, 5) is 32.5. The maximum Gasteiger partial charge on any atom is 0.341 e. The van der Waals surface area contributed by atoms with E-state index in [2.05, 4.69) is 15.3 Å². The highest BCUT2D eigenvalue weighted by Crippen LogP contribution is 2.30. The van der Waals surface area contributed by atoms with Gasteiger partial charge in [0.1, 0.15) is 29.2 Å². The van der Waals surface area contributed by atoms with Crippen molar-refractivity contribution < 1.29 is 28.9 Å². The monoisotopic (exact) mass is 421 g/mol. The first-order valence-corrected chi connectivity index (χ1v) is 9.03. The summed E-state index contributed by atoms with van der Waals surface area (Å²) in [7, 11) is 2.68. The Morgan fingerprint density at radius 2 is 1.71 bits per heavy atom. The van der Waals surface area contributed by atoms with Crippen LogP contribution < -0.4 is 10.1 Å². The first kappa shape index (κ1) is 21.3. The quantitative estimate of drug-likeness (QED) is 0.338. The molecule has 9 heteroatoms. The van der Waals surface area contributed by atoms with Crippen molar-refractivity contribution in [3.8, 4) is 17.4 Å². The summed E-state index contributed by atoms with van der Waals surface area (Å²) in [5.74, 6) is -0.698. The number of para-hydroxylation sites is 2. The number of benzene rings is 2. The number of aromatic nitrogens is 2. The third-order valence-corrected chi connectivity index (χ3v) is 4.07. The molecule has 31 heavy (non-hydrogen) atoms. The fourth-order valence-corrected chi connectivity index (χ4v) is 2.65. The summed E-state index contributed by atoms with van der Waals surface area (Å²) in [6.07, 6.45) is 2.47. The maximum atomic E-state index is 12.4. The summed E-state index contributed by atoms with van der Waals surface area (Å²) in [5.41, 5.74) is 0.679. The highest BCUT2D eigenvalue weighted by atomic mass is 16.5. The number of ether oxygens (including phenoxy) is 3. The fourth-order valence-electron chi connectivity index (χ4n) is 2.65. The predicted octanol–water partition coefficient (Wildman–Crippen LogP) is 3.39. The van der Waals surface area contributed by atoms with Crippen LogP contribution in [0.4, 0.5) is 5.82 Å². The summed E-state index contributed by atoms with van der Waals surface area (Å²) in [5, 5.41) is 12.4. The van der Waals surface area contributed by atoms with Gasteiger partial charge in [0.05, 0.1) is 26.0 Å². The second-order valence-corrected chi connectivity index (χ2v) is 6.07. The molecule has 0 aliphatic carbocycles. The lowest BCUT2D eigenvalue weighted by Crippen LogP contribution is -2.13. The summed E-state index contributed by atoms with van der Waals surface area (Å²) >= 11 is 0. The first-order chi connectivity index (χ1) is 15.0. The Hall–Kier alpha value is -4.40. The van der Waals surface area contributed by atoms with E-state index in [9.17, 15) is 14.7 Å². The van der Waals surface area contributed by atoms with Gasteiger partial charge in [0.2, 0.25) is 5.88 Å². The zero-order valence-corrected chi connectivity index (χ0v) is 16.7. The minimum absolute atomic E-state index is 0.0985. The number of carbonyl (C=O) groups excluding carboxylic acids is 2. The lowest BCUT2D eigenvalue weighted by atomic mass is 10.1. The van der Waals surface area contributed by atoms with Crippen molar-refractivity contribution in [1.29, 1.82) is 0 Å². The van der Waals surface area contributed by atoms with Crippen molar-refractivity contribution in [2.45, 2.75) is 0 Å². The molecular weight excluding hydrogens is 402 g/mol. The highest BCUT2D eigenvalue weighted by molar-refractivity contribution is 6.17. The lowest BCUT2D eigenvalue weighted by molar-refractivity contribution is -0.133. The number of nitrogens with one attached hydrogen (secondary N) is 1. The highest BCUT2D eigenvalue weighted by Gasteiger charge is 2.19. The molecule has 1 heterocycles. The van der Waals surface area contributed by atoms with Gasteiger partial charge in [-0.2, -0.15) is 0 Å². The van der Waals surface area contributed by atoms with Crippen molar-refractivity contribution in [2.24, 2.45) is 0 Å². The van der Waals surface area contributed by atoms with Crippen LogP contribution in [0.5, 0.6) is 17.4 Å². The van der Waals surface area contributed by atoms with Crippen LogP contribution in [0.1, 0.15) is 15.9 Å². The summed E-state index contributed by atoms with van der Waals surface area (Å²) in [6, 6.07) is 14.3. The molecule has 0 radical (unpaired) electrons. The molecule has 9 nitrogen and oxygen atoms in total. The van der Waals surface area contributed by atoms with E-state index in [4.69, 9.17) is 14.2 Å². The normalized spacial score (nSPS) is 10.8. The SMILES string of the molecule is CO/C=C(/C(=O)OC)c1ccccc1Oc1cc(NC(=O)c2ccccc2O)ncn1. The molecule has 2 N–H and O–H groups in total. The van der Waals surface area contributed by atoms with Crippen molar-refractivity contribution >= 4 is 23.3 Å². The zero-order valence-electron chi connectivity index (χ0n) is 16.7. The van der Waals surface area contributed by atoms with E-state index in [1.165, 1.54) is 45.0 Å². The molecule has 0 saturated heterocycles. The van der Waals surface area contributed by atoms with Gasteiger partial charge in [0.15, 0.2) is 0 Å². The molecule has 1 amide bonds. The lowest BCUT2D eigenvalue weighted by Gasteiger charge is -2.12. The molecule has 2 aromatic carbocycles. The molecule has 0 atom stereocenters. The Morgan fingerprint density at radius 3 is 2.42 bits per heavy atom. The topological polar surface area (TPSA) is 120 Å². The van der Waals surface area contributed by atoms with Gasteiger partial charge in [0.25, 0.3) is 5.91 Å². The van der Waals surface area contributed by atoms with Gasteiger partial charge in [-0.15, -0.1) is 0 Å². The Bertz CT molecular complexity index is 1130. The number of methoxy groups -OCH3 is 2. The van der Waals surface area contributed by atoms with Crippen LogP contribution >= 0.6 is 0 Å². The van der Waals surface area contributed by atoms with Gasteiger partial charge >= 0.3 is 5.97 Å². The molecule has 0 spiro atoms. The van der Waals surface area contributed by atoms with E-state index in [-0.39, 0.29) is 28.6 Å². The Balaban J connectivity index is 1.85. The van der Waals surface area contributed by atoms with E-state index in [1.54, 1.807) is 36.4 Å². The molecule has 3 aromatic rings. The third kappa shape index (κ3) is 5.15.